The summed E-state index contributed by atoms with van der Waals surface area (Å²) < 4.78 is 5.52. The van der Waals surface area contributed by atoms with Gasteiger partial charge in [-0.3, -0.25) is 4.98 Å². The number of hydrogen-bond donors (Lipinski definition) is 1. The number of furan rings is 1. The van der Waals surface area contributed by atoms with Gasteiger partial charge in [0.15, 0.2) is 0 Å². The third kappa shape index (κ3) is 1.99. The Morgan fingerprint density at radius 3 is 2.56 bits per heavy atom. The van der Waals surface area contributed by atoms with Gasteiger partial charge >= 0.3 is 0 Å². The Balaban J connectivity index is 2.37. The molecule has 84 valence electrons. The lowest BCUT2D eigenvalue weighted by Crippen LogP contribution is -2.14. The lowest BCUT2D eigenvalue weighted by molar-refractivity contribution is 0.463. The second-order valence-corrected chi connectivity index (χ2v) is 4.14. The second kappa shape index (κ2) is 4.10. The van der Waals surface area contributed by atoms with E-state index in [1.54, 1.807) is 0 Å². The quantitative estimate of drug-likeness (QED) is 0.839. The van der Waals surface area contributed by atoms with Gasteiger partial charge in [0.2, 0.25) is 0 Å². The minimum Gasteiger partial charge on any atom is -0.464 e. The van der Waals surface area contributed by atoms with Crippen molar-refractivity contribution in [1.82, 2.24) is 4.98 Å². The molecule has 0 aliphatic carbocycles. The number of aryl methyl sites for hydroxylation is 3. The molecule has 0 aliphatic rings. The Hall–Kier alpha value is -1.61. The number of hydrogen-bond acceptors (Lipinski definition) is 3. The largest absolute Gasteiger partial charge is 0.464 e. The maximum Gasteiger partial charge on any atom is 0.127 e. The Labute approximate surface area is 95.3 Å². The van der Waals surface area contributed by atoms with Crippen molar-refractivity contribution >= 4 is 0 Å². The van der Waals surface area contributed by atoms with E-state index in [9.17, 15) is 0 Å². The molecule has 0 aromatic carbocycles. The van der Waals surface area contributed by atoms with Crippen molar-refractivity contribution in [3.63, 3.8) is 0 Å². The predicted molar refractivity (Wildman–Crippen MR) is 63.2 cm³/mol. The number of rotatable bonds is 2. The summed E-state index contributed by atoms with van der Waals surface area (Å²) in [6.45, 7) is 5.95. The summed E-state index contributed by atoms with van der Waals surface area (Å²) >= 11 is 0. The summed E-state index contributed by atoms with van der Waals surface area (Å²) in [6.07, 6.45) is 1.83. The fourth-order valence-corrected chi connectivity index (χ4v) is 1.81. The standard InChI is InChI=1S/C13H16N2O/c1-8-6-9(2)13(15-7-8)12(14)11-5-4-10(3)16-11/h4-7,12H,14H2,1-3H3. The molecule has 0 aliphatic heterocycles. The number of aromatic nitrogens is 1. The average Bonchev–Trinajstić information content (AvgIpc) is 2.64. The molecular weight excluding hydrogens is 200 g/mol. The van der Waals surface area contributed by atoms with Crippen LogP contribution >= 0.6 is 0 Å². The monoisotopic (exact) mass is 216 g/mol. The molecule has 0 amide bonds. The van der Waals surface area contributed by atoms with Gasteiger partial charge in [-0.2, -0.15) is 0 Å². The van der Waals surface area contributed by atoms with Crippen molar-refractivity contribution in [3.8, 4) is 0 Å². The van der Waals surface area contributed by atoms with Gasteiger partial charge < -0.3 is 10.2 Å². The molecule has 2 N–H and O–H groups in total. The molecule has 0 bridgehead atoms. The van der Waals surface area contributed by atoms with Gasteiger partial charge in [-0.1, -0.05) is 6.07 Å². The molecule has 0 spiro atoms. The molecular formula is C13H16N2O. The first kappa shape index (κ1) is 10.9. The highest BCUT2D eigenvalue weighted by atomic mass is 16.3. The molecule has 0 fully saturated rings. The molecule has 16 heavy (non-hydrogen) atoms. The van der Waals surface area contributed by atoms with E-state index in [0.717, 1.165) is 28.3 Å². The van der Waals surface area contributed by atoms with Crippen molar-refractivity contribution in [2.24, 2.45) is 5.73 Å². The van der Waals surface area contributed by atoms with Crippen LogP contribution in [0.5, 0.6) is 0 Å². The third-order valence-corrected chi connectivity index (χ3v) is 2.62. The fourth-order valence-electron chi connectivity index (χ4n) is 1.81. The van der Waals surface area contributed by atoms with Crippen molar-refractivity contribution < 1.29 is 4.42 Å². The van der Waals surface area contributed by atoms with Crippen LogP contribution in [0.1, 0.15) is 34.4 Å². The Kier molecular flexibility index (Phi) is 2.79. The van der Waals surface area contributed by atoms with E-state index < -0.39 is 0 Å². The smallest absolute Gasteiger partial charge is 0.127 e. The van der Waals surface area contributed by atoms with E-state index in [2.05, 4.69) is 11.1 Å². The van der Waals surface area contributed by atoms with Gasteiger partial charge in [-0.25, -0.2) is 0 Å². The van der Waals surface area contributed by atoms with Gasteiger partial charge in [0.1, 0.15) is 17.6 Å². The first-order valence-corrected chi connectivity index (χ1v) is 5.33. The van der Waals surface area contributed by atoms with Crippen LogP contribution in [-0.2, 0) is 0 Å². The van der Waals surface area contributed by atoms with Crippen LogP contribution in [0.4, 0.5) is 0 Å². The van der Waals surface area contributed by atoms with E-state index in [4.69, 9.17) is 10.2 Å². The summed E-state index contributed by atoms with van der Waals surface area (Å²) in [4.78, 5) is 4.38. The van der Waals surface area contributed by atoms with Gasteiger partial charge in [0.05, 0.1) is 5.69 Å². The van der Waals surface area contributed by atoms with Crippen LogP contribution in [0.2, 0.25) is 0 Å². The summed E-state index contributed by atoms with van der Waals surface area (Å²) in [5.41, 5.74) is 9.24. The van der Waals surface area contributed by atoms with Gasteiger partial charge in [0, 0.05) is 6.20 Å². The van der Waals surface area contributed by atoms with Crippen molar-refractivity contribution in [2.45, 2.75) is 26.8 Å². The van der Waals surface area contributed by atoms with E-state index in [1.807, 2.05) is 39.1 Å². The number of pyridine rings is 1. The molecule has 0 saturated heterocycles. The Morgan fingerprint density at radius 1 is 1.25 bits per heavy atom. The van der Waals surface area contributed by atoms with E-state index in [-0.39, 0.29) is 6.04 Å². The highest BCUT2D eigenvalue weighted by Gasteiger charge is 2.16. The zero-order chi connectivity index (χ0) is 11.7. The molecule has 0 saturated carbocycles. The molecule has 3 heteroatoms. The minimum atomic E-state index is -0.283. The molecule has 2 heterocycles. The highest BCUT2D eigenvalue weighted by Crippen LogP contribution is 2.22. The summed E-state index contributed by atoms with van der Waals surface area (Å²) in [6, 6.07) is 5.62. The van der Waals surface area contributed by atoms with Gasteiger partial charge in [-0.15, -0.1) is 0 Å². The van der Waals surface area contributed by atoms with E-state index >= 15 is 0 Å². The first-order chi connectivity index (χ1) is 7.58. The summed E-state index contributed by atoms with van der Waals surface area (Å²) in [7, 11) is 0. The van der Waals surface area contributed by atoms with Crippen LogP contribution in [0.15, 0.2) is 28.8 Å². The van der Waals surface area contributed by atoms with Crippen molar-refractivity contribution in [1.29, 1.82) is 0 Å². The predicted octanol–water partition coefficient (Wildman–Crippen LogP) is 2.65. The van der Waals surface area contributed by atoms with Crippen molar-refractivity contribution in [2.75, 3.05) is 0 Å². The Bertz CT molecular complexity index is 502. The van der Waals surface area contributed by atoms with E-state index in [1.165, 1.54) is 0 Å². The molecule has 2 aromatic rings. The second-order valence-electron chi connectivity index (χ2n) is 4.14. The van der Waals surface area contributed by atoms with Crippen LogP contribution < -0.4 is 5.73 Å². The summed E-state index contributed by atoms with van der Waals surface area (Å²) in [5, 5.41) is 0. The lowest BCUT2D eigenvalue weighted by atomic mass is 10.1. The molecule has 2 rings (SSSR count). The van der Waals surface area contributed by atoms with Crippen LogP contribution in [0.25, 0.3) is 0 Å². The topological polar surface area (TPSA) is 52.0 Å². The van der Waals surface area contributed by atoms with Crippen LogP contribution in [0, 0.1) is 20.8 Å². The van der Waals surface area contributed by atoms with Crippen LogP contribution in [-0.4, -0.2) is 4.98 Å². The highest BCUT2D eigenvalue weighted by molar-refractivity contribution is 5.30. The zero-order valence-electron chi connectivity index (χ0n) is 9.82. The van der Waals surface area contributed by atoms with Gasteiger partial charge in [0.25, 0.3) is 0 Å². The fraction of sp³-hybridized carbons (Fsp3) is 0.308. The number of nitrogens with zero attached hydrogens (tertiary/aromatic N) is 1. The third-order valence-electron chi connectivity index (χ3n) is 2.62. The van der Waals surface area contributed by atoms with Gasteiger partial charge in [-0.05, 0) is 44.0 Å². The average molecular weight is 216 g/mol. The first-order valence-electron chi connectivity index (χ1n) is 5.33. The molecule has 1 atom stereocenters. The van der Waals surface area contributed by atoms with Crippen molar-refractivity contribution in [3.05, 3.63) is 52.7 Å². The maximum absolute atomic E-state index is 6.12. The SMILES string of the molecule is Cc1cnc(C(N)c2ccc(C)o2)c(C)c1. The lowest BCUT2D eigenvalue weighted by Gasteiger charge is -2.11. The number of nitrogens with two attached hydrogens (primary N) is 1. The normalized spacial score (nSPS) is 12.8. The molecule has 0 radical (unpaired) electrons. The maximum atomic E-state index is 6.12. The molecule has 2 aromatic heterocycles. The minimum absolute atomic E-state index is 0.283. The zero-order valence-corrected chi connectivity index (χ0v) is 9.82. The Morgan fingerprint density at radius 2 is 2.00 bits per heavy atom. The molecule has 1 unspecified atom stereocenters. The molecule has 3 nitrogen and oxygen atoms in total. The van der Waals surface area contributed by atoms with E-state index in [0.29, 0.717) is 0 Å². The summed E-state index contributed by atoms with van der Waals surface area (Å²) in [5.74, 6) is 1.63. The van der Waals surface area contributed by atoms with Crippen LogP contribution in [0.3, 0.4) is 0 Å².